The predicted octanol–water partition coefficient (Wildman–Crippen LogP) is 3.82. The second-order valence-electron chi connectivity index (χ2n) is 7.13. The van der Waals surface area contributed by atoms with Crippen LogP contribution in [0.5, 0.6) is 0 Å². The summed E-state index contributed by atoms with van der Waals surface area (Å²) in [6.07, 6.45) is 0.887. The van der Waals surface area contributed by atoms with Gasteiger partial charge in [-0.15, -0.1) is 0 Å². The first-order valence-corrected chi connectivity index (χ1v) is 9.52. The number of hydrogen-bond donors (Lipinski definition) is 1. The van der Waals surface area contributed by atoms with Crippen molar-refractivity contribution < 1.29 is 17.6 Å². The summed E-state index contributed by atoms with van der Waals surface area (Å²) in [5.74, 6) is 0.298. The van der Waals surface area contributed by atoms with E-state index >= 15 is 0 Å². The largest absolute Gasteiger partial charge is 0.390 e. The molecule has 2 aromatic heterocycles. The van der Waals surface area contributed by atoms with Crippen LogP contribution in [0.3, 0.4) is 0 Å². The Labute approximate surface area is 170 Å². The van der Waals surface area contributed by atoms with E-state index in [9.17, 15) is 17.6 Å². The Balaban J connectivity index is 1.51. The lowest BCUT2D eigenvalue weighted by Gasteiger charge is -2.40. The van der Waals surface area contributed by atoms with Crippen molar-refractivity contribution in [2.24, 2.45) is 0 Å². The Kier molecular flexibility index (Phi) is 5.67. The lowest BCUT2D eigenvalue weighted by atomic mass is 10.0. The number of H-pyrrole nitrogens is 1. The fraction of sp³-hybridized carbons (Fsp3) is 0.350. The molecule has 1 aromatic carbocycles. The highest BCUT2D eigenvalue weighted by atomic mass is 19.4. The molecule has 0 saturated carbocycles. The van der Waals surface area contributed by atoms with Gasteiger partial charge in [-0.05, 0) is 24.3 Å². The summed E-state index contributed by atoms with van der Waals surface area (Å²) in [6, 6.07) is 5.20. The summed E-state index contributed by atoms with van der Waals surface area (Å²) >= 11 is 0. The van der Waals surface area contributed by atoms with E-state index in [2.05, 4.69) is 20.2 Å². The van der Waals surface area contributed by atoms with Crippen LogP contribution in [-0.4, -0.2) is 57.4 Å². The van der Waals surface area contributed by atoms with Crippen LogP contribution in [0.1, 0.15) is 18.0 Å². The zero-order chi connectivity index (χ0) is 21.1. The normalized spacial score (nSPS) is 16.6. The number of hydrogen-bond acceptors (Lipinski definition) is 5. The van der Waals surface area contributed by atoms with E-state index in [0.29, 0.717) is 43.3 Å². The summed E-state index contributed by atoms with van der Waals surface area (Å²) in [6.45, 7) is 1.87. The lowest BCUT2D eigenvalue weighted by Crippen LogP contribution is -2.48. The Morgan fingerprint density at radius 3 is 2.33 bits per heavy atom. The maximum absolute atomic E-state index is 13.3. The van der Waals surface area contributed by atoms with Crippen LogP contribution >= 0.6 is 0 Å². The third-order valence-electron chi connectivity index (χ3n) is 5.18. The molecule has 0 amide bonds. The Morgan fingerprint density at radius 2 is 1.70 bits per heavy atom. The van der Waals surface area contributed by atoms with Crippen molar-refractivity contribution in [3.8, 4) is 11.3 Å². The molecule has 4 rings (SSSR count). The van der Waals surface area contributed by atoms with Crippen LogP contribution in [0.15, 0.2) is 49.1 Å². The van der Waals surface area contributed by atoms with Crippen molar-refractivity contribution in [2.45, 2.75) is 18.6 Å². The van der Waals surface area contributed by atoms with Crippen LogP contribution in [0.4, 0.5) is 23.4 Å². The van der Waals surface area contributed by atoms with Crippen molar-refractivity contribution in [3.05, 3.63) is 60.4 Å². The number of rotatable bonds is 5. The van der Waals surface area contributed by atoms with Gasteiger partial charge in [0, 0.05) is 61.9 Å². The third-order valence-corrected chi connectivity index (χ3v) is 5.18. The van der Waals surface area contributed by atoms with Crippen molar-refractivity contribution in [1.82, 2.24) is 25.1 Å². The molecule has 3 aromatic rings. The Morgan fingerprint density at radius 1 is 1.00 bits per heavy atom. The molecule has 1 saturated heterocycles. The molecule has 6 nitrogen and oxygen atoms in total. The summed E-state index contributed by atoms with van der Waals surface area (Å²) in [4.78, 5) is 12.7. The summed E-state index contributed by atoms with van der Waals surface area (Å²) in [7, 11) is 0. The molecule has 0 radical (unpaired) electrons. The maximum Gasteiger partial charge on any atom is 0.390 e. The predicted molar refractivity (Wildman–Crippen MR) is 103 cm³/mol. The number of aromatic amines is 1. The molecule has 1 unspecified atom stereocenters. The third kappa shape index (κ3) is 4.59. The second-order valence-corrected chi connectivity index (χ2v) is 7.13. The highest BCUT2D eigenvalue weighted by molar-refractivity contribution is 5.72. The molecule has 1 aliphatic heterocycles. The molecule has 0 spiro atoms. The van der Waals surface area contributed by atoms with Crippen molar-refractivity contribution in [2.75, 3.05) is 31.1 Å². The molecule has 1 N–H and O–H groups in total. The number of alkyl halides is 3. The molecule has 0 bridgehead atoms. The molecule has 0 aliphatic carbocycles. The van der Waals surface area contributed by atoms with Crippen molar-refractivity contribution in [3.63, 3.8) is 0 Å². The molecule has 1 fully saturated rings. The van der Waals surface area contributed by atoms with Gasteiger partial charge in [0.25, 0.3) is 0 Å². The molecular weight excluding hydrogens is 400 g/mol. The van der Waals surface area contributed by atoms with Crippen LogP contribution in [0.25, 0.3) is 11.3 Å². The number of nitrogens with zero attached hydrogens (tertiary/aromatic N) is 5. The number of nitrogens with one attached hydrogen (secondary N) is 1. The first kappa shape index (κ1) is 20.3. The smallest absolute Gasteiger partial charge is 0.352 e. The van der Waals surface area contributed by atoms with E-state index in [1.54, 1.807) is 24.5 Å². The minimum Gasteiger partial charge on any atom is -0.352 e. The number of aromatic nitrogens is 4. The minimum absolute atomic E-state index is 0.340. The molecular formula is C20H20F4N6. The average Bonchev–Trinajstić information content (AvgIpc) is 3.27. The van der Waals surface area contributed by atoms with Gasteiger partial charge in [0.1, 0.15) is 11.5 Å². The van der Waals surface area contributed by atoms with E-state index in [0.717, 1.165) is 5.56 Å². The Hall–Kier alpha value is -3.01. The van der Waals surface area contributed by atoms with Gasteiger partial charge in [-0.1, -0.05) is 0 Å². The van der Waals surface area contributed by atoms with Crippen molar-refractivity contribution in [1.29, 1.82) is 0 Å². The molecule has 3 heterocycles. The fourth-order valence-corrected chi connectivity index (χ4v) is 3.74. The monoisotopic (exact) mass is 420 g/mol. The average molecular weight is 420 g/mol. The topological polar surface area (TPSA) is 60.9 Å². The molecule has 10 heteroatoms. The standard InChI is InChI=1S/C20H20F4N6/c21-16-3-1-14(2-4-16)18-19(26-6-5-25-18)30-9-7-29(8-10-30)17(11-20(22,23)24)15-12-27-28-13-15/h1-6,12-13,17H,7-11H2,(H,27,28). The van der Waals surface area contributed by atoms with Gasteiger partial charge in [-0.3, -0.25) is 15.0 Å². The van der Waals surface area contributed by atoms with Crippen LogP contribution in [0, 0.1) is 5.82 Å². The van der Waals surface area contributed by atoms with Gasteiger partial charge in [-0.25, -0.2) is 9.37 Å². The zero-order valence-corrected chi connectivity index (χ0v) is 16.0. The first-order valence-electron chi connectivity index (χ1n) is 9.52. The maximum atomic E-state index is 13.3. The number of benzene rings is 1. The van der Waals surface area contributed by atoms with Gasteiger partial charge in [0.15, 0.2) is 5.82 Å². The van der Waals surface area contributed by atoms with E-state index < -0.39 is 18.6 Å². The van der Waals surface area contributed by atoms with Crippen LogP contribution < -0.4 is 4.90 Å². The second kappa shape index (κ2) is 8.39. The molecule has 30 heavy (non-hydrogen) atoms. The number of anilines is 1. The van der Waals surface area contributed by atoms with E-state index in [4.69, 9.17) is 0 Å². The van der Waals surface area contributed by atoms with E-state index in [-0.39, 0.29) is 5.82 Å². The fourth-order valence-electron chi connectivity index (χ4n) is 3.74. The first-order chi connectivity index (χ1) is 14.4. The number of piperazine rings is 1. The van der Waals surface area contributed by atoms with Crippen LogP contribution in [-0.2, 0) is 0 Å². The lowest BCUT2D eigenvalue weighted by molar-refractivity contribution is -0.148. The van der Waals surface area contributed by atoms with Crippen molar-refractivity contribution >= 4 is 5.82 Å². The summed E-state index contributed by atoms with van der Waals surface area (Å²) < 4.78 is 52.7. The molecule has 1 atom stereocenters. The highest BCUT2D eigenvalue weighted by Gasteiger charge is 2.37. The summed E-state index contributed by atoms with van der Waals surface area (Å²) in [5.41, 5.74) is 1.87. The highest BCUT2D eigenvalue weighted by Crippen LogP contribution is 2.35. The van der Waals surface area contributed by atoms with Gasteiger partial charge < -0.3 is 4.90 Å². The Bertz CT molecular complexity index is 950. The summed E-state index contributed by atoms with van der Waals surface area (Å²) in [5, 5.41) is 6.41. The number of halogens is 4. The molecule has 158 valence electrons. The van der Waals surface area contributed by atoms with E-state index in [1.165, 1.54) is 24.5 Å². The van der Waals surface area contributed by atoms with Gasteiger partial charge in [-0.2, -0.15) is 18.3 Å². The quantitative estimate of drug-likeness (QED) is 0.636. The SMILES string of the molecule is Fc1ccc(-c2nccnc2N2CCN(C(CC(F)(F)F)c3cn[nH]c3)CC2)cc1. The molecule has 1 aliphatic rings. The van der Waals surface area contributed by atoms with Gasteiger partial charge in [0.2, 0.25) is 0 Å². The van der Waals surface area contributed by atoms with E-state index in [1.807, 2.05) is 9.80 Å². The van der Waals surface area contributed by atoms with Gasteiger partial charge >= 0.3 is 6.18 Å². The minimum atomic E-state index is -4.28. The van der Waals surface area contributed by atoms with Gasteiger partial charge in [0.05, 0.1) is 12.6 Å². The zero-order valence-electron chi connectivity index (χ0n) is 16.0. The van der Waals surface area contributed by atoms with Crippen LogP contribution in [0.2, 0.25) is 0 Å².